The van der Waals surface area contributed by atoms with Crippen molar-refractivity contribution in [2.24, 2.45) is 0 Å². The second kappa shape index (κ2) is 6.02. The number of aromatic carboxylic acids is 1. The van der Waals surface area contributed by atoms with E-state index in [0.717, 1.165) is 31.7 Å². The van der Waals surface area contributed by atoms with E-state index in [1.165, 1.54) is 12.1 Å². The molecule has 19 heavy (non-hydrogen) atoms. The largest absolute Gasteiger partial charge is 0.487 e. The van der Waals surface area contributed by atoms with Gasteiger partial charge in [0.05, 0.1) is 11.7 Å². The first kappa shape index (κ1) is 13.8. The lowest BCUT2D eigenvalue weighted by molar-refractivity contribution is 0.0197. The summed E-state index contributed by atoms with van der Waals surface area (Å²) in [5.41, 5.74) is -0.0803. The van der Waals surface area contributed by atoms with E-state index in [1.54, 1.807) is 7.11 Å². The molecule has 0 amide bonds. The fourth-order valence-electron chi connectivity index (χ4n) is 2.33. The van der Waals surface area contributed by atoms with E-state index in [0.29, 0.717) is 0 Å². The van der Waals surface area contributed by atoms with Crippen LogP contribution in [0.15, 0.2) is 18.2 Å². The van der Waals surface area contributed by atoms with E-state index in [9.17, 15) is 9.18 Å². The molecule has 0 spiro atoms. The van der Waals surface area contributed by atoms with Gasteiger partial charge in [0.15, 0.2) is 11.6 Å². The first-order valence-electron chi connectivity index (χ1n) is 6.32. The van der Waals surface area contributed by atoms with Gasteiger partial charge in [-0.25, -0.2) is 9.18 Å². The highest BCUT2D eigenvalue weighted by molar-refractivity contribution is 5.87. The average Bonchev–Trinajstić information content (AvgIpc) is 2.41. The summed E-state index contributed by atoms with van der Waals surface area (Å²) in [5, 5.41) is 8.76. The molecule has 0 aliphatic heterocycles. The van der Waals surface area contributed by atoms with Crippen molar-refractivity contribution in [3.05, 3.63) is 29.6 Å². The van der Waals surface area contributed by atoms with E-state index in [-0.39, 0.29) is 23.5 Å². The molecule has 0 heterocycles. The summed E-state index contributed by atoms with van der Waals surface area (Å²) in [5.74, 6) is -1.69. The third-order valence-electron chi connectivity index (χ3n) is 3.38. The monoisotopic (exact) mass is 268 g/mol. The van der Waals surface area contributed by atoms with Gasteiger partial charge in [-0.3, -0.25) is 0 Å². The van der Waals surface area contributed by atoms with Crippen molar-refractivity contribution in [3.63, 3.8) is 0 Å². The molecule has 0 bridgehead atoms. The molecule has 2 atom stereocenters. The van der Waals surface area contributed by atoms with E-state index in [2.05, 4.69) is 0 Å². The summed E-state index contributed by atoms with van der Waals surface area (Å²) in [6.07, 6.45) is 3.65. The Morgan fingerprint density at radius 2 is 2.11 bits per heavy atom. The van der Waals surface area contributed by atoms with Crippen LogP contribution in [-0.2, 0) is 4.74 Å². The Balaban J connectivity index is 2.04. The first-order valence-corrected chi connectivity index (χ1v) is 6.32. The van der Waals surface area contributed by atoms with Gasteiger partial charge in [-0.2, -0.15) is 0 Å². The smallest absolute Gasteiger partial charge is 0.335 e. The highest BCUT2D eigenvalue weighted by Crippen LogP contribution is 2.27. The van der Waals surface area contributed by atoms with E-state index >= 15 is 0 Å². The average molecular weight is 268 g/mol. The summed E-state index contributed by atoms with van der Waals surface area (Å²) in [7, 11) is 1.66. The highest BCUT2D eigenvalue weighted by atomic mass is 19.1. The van der Waals surface area contributed by atoms with Crippen molar-refractivity contribution in [2.75, 3.05) is 7.11 Å². The molecule has 1 aliphatic carbocycles. The minimum absolute atomic E-state index is 0.0797. The predicted octanol–water partition coefficient (Wildman–Crippen LogP) is 2.86. The molecule has 5 heteroatoms. The van der Waals surface area contributed by atoms with Crippen LogP contribution in [-0.4, -0.2) is 30.4 Å². The third-order valence-corrected chi connectivity index (χ3v) is 3.38. The fraction of sp³-hybridized carbons (Fsp3) is 0.500. The Labute approximate surface area is 111 Å². The molecule has 2 rings (SSSR count). The second-order valence-electron chi connectivity index (χ2n) is 4.71. The molecule has 1 fully saturated rings. The van der Waals surface area contributed by atoms with E-state index in [1.807, 2.05) is 0 Å². The van der Waals surface area contributed by atoms with Crippen LogP contribution >= 0.6 is 0 Å². The maximum atomic E-state index is 13.7. The number of carboxylic acid groups (broad SMARTS) is 1. The molecule has 1 N–H and O–H groups in total. The number of methoxy groups -OCH3 is 1. The molecule has 0 saturated heterocycles. The molecular formula is C14H17FO4. The summed E-state index contributed by atoms with van der Waals surface area (Å²) >= 11 is 0. The van der Waals surface area contributed by atoms with Crippen LogP contribution in [0.5, 0.6) is 5.75 Å². The van der Waals surface area contributed by atoms with Crippen molar-refractivity contribution in [1.29, 1.82) is 0 Å². The van der Waals surface area contributed by atoms with Crippen molar-refractivity contribution >= 4 is 5.97 Å². The van der Waals surface area contributed by atoms with Gasteiger partial charge < -0.3 is 14.6 Å². The van der Waals surface area contributed by atoms with Crippen molar-refractivity contribution in [1.82, 2.24) is 0 Å². The van der Waals surface area contributed by atoms with Crippen LogP contribution < -0.4 is 4.74 Å². The Bertz CT molecular complexity index is 461. The van der Waals surface area contributed by atoms with Crippen LogP contribution in [0.2, 0.25) is 0 Å². The number of hydrogen-bond acceptors (Lipinski definition) is 3. The van der Waals surface area contributed by atoms with Crippen LogP contribution in [0.25, 0.3) is 0 Å². The fourth-order valence-corrected chi connectivity index (χ4v) is 2.33. The Morgan fingerprint density at radius 3 is 2.74 bits per heavy atom. The summed E-state index contributed by atoms with van der Waals surface area (Å²) < 4.78 is 24.6. The summed E-state index contributed by atoms with van der Waals surface area (Å²) in [6.45, 7) is 0. The van der Waals surface area contributed by atoms with Gasteiger partial charge in [-0.1, -0.05) is 0 Å². The minimum atomic E-state index is -1.15. The van der Waals surface area contributed by atoms with E-state index < -0.39 is 11.8 Å². The lowest BCUT2D eigenvalue weighted by Crippen LogP contribution is -2.29. The number of hydrogen-bond donors (Lipinski definition) is 1. The third kappa shape index (κ3) is 3.44. The molecule has 104 valence electrons. The maximum absolute atomic E-state index is 13.7. The molecule has 1 saturated carbocycles. The Hall–Kier alpha value is -1.62. The summed E-state index contributed by atoms with van der Waals surface area (Å²) in [6, 6.07) is 3.70. The van der Waals surface area contributed by atoms with Crippen LogP contribution in [0, 0.1) is 5.82 Å². The van der Waals surface area contributed by atoms with Crippen molar-refractivity contribution < 1.29 is 23.8 Å². The number of carboxylic acids is 1. The van der Waals surface area contributed by atoms with Crippen LogP contribution in [0.1, 0.15) is 36.0 Å². The normalized spacial score (nSPS) is 23.1. The van der Waals surface area contributed by atoms with Gasteiger partial charge in [0.2, 0.25) is 0 Å². The summed E-state index contributed by atoms with van der Waals surface area (Å²) in [4.78, 5) is 10.7. The number of rotatable bonds is 4. The zero-order valence-electron chi connectivity index (χ0n) is 10.8. The minimum Gasteiger partial charge on any atom is -0.487 e. The Kier molecular flexibility index (Phi) is 4.37. The number of ether oxygens (including phenoxy) is 2. The van der Waals surface area contributed by atoms with Gasteiger partial charge >= 0.3 is 5.97 Å². The SMILES string of the molecule is COC1CCCC(Oc2ccc(C(=O)O)cc2F)C1. The van der Waals surface area contributed by atoms with Gasteiger partial charge in [0, 0.05) is 13.5 Å². The molecular weight excluding hydrogens is 251 g/mol. The van der Waals surface area contributed by atoms with Crippen molar-refractivity contribution in [2.45, 2.75) is 37.9 Å². The Morgan fingerprint density at radius 1 is 1.37 bits per heavy atom. The lowest BCUT2D eigenvalue weighted by atomic mass is 9.95. The van der Waals surface area contributed by atoms with Crippen LogP contribution in [0.4, 0.5) is 4.39 Å². The molecule has 0 aromatic heterocycles. The van der Waals surface area contributed by atoms with Gasteiger partial charge in [-0.15, -0.1) is 0 Å². The molecule has 2 unspecified atom stereocenters. The van der Waals surface area contributed by atoms with E-state index in [4.69, 9.17) is 14.6 Å². The highest BCUT2D eigenvalue weighted by Gasteiger charge is 2.24. The van der Waals surface area contributed by atoms with Crippen LogP contribution in [0.3, 0.4) is 0 Å². The van der Waals surface area contributed by atoms with Gasteiger partial charge in [0.1, 0.15) is 6.10 Å². The van der Waals surface area contributed by atoms with Crippen molar-refractivity contribution in [3.8, 4) is 5.75 Å². The van der Waals surface area contributed by atoms with Gasteiger partial charge in [0.25, 0.3) is 0 Å². The first-order chi connectivity index (χ1) is 9.10. The topological polar surface area (TPSA) is 55.8 Å². The quantitative estimate of drug-likeness (QED) is 0.912. The molecule has 1 aliphatic rings. The zero-order valence-corrected chi connectivity index (χ0v) is 10.8. The maximum Gasteiger partial charge on any atom is 0.335 e. The number of carbonyl (C=O) groups is 1. The number of benzene rings is 1. The lowest BCUT2D eigenvalue weighted by Gasteiger charge is -2.28. The molecule has 1 aromatic rings. The number of halogens is 1. The van der Waals surface area contributed by atoms with Gasteiger partial charge in [-0.05, 0) is 37.5 Å². The molecule has 1 aromatic carbocycles. The standard InChI is InChI=1S/C14H17FO4/c1-18-10-3-2-4-11(8-10)19-13-6-5-9(14(16)17)7-12(13)15/h5-7,10-11H,2-4,8H2,1H3,(H,16,17). The predicted molar refractivity (Wildman–Crippen MR) is 67.0 cm³/mol. The molecule has 0 radical (unpaired) electrons. The zero-order chi connectivity index (χ0) is 13.8. The molecule has 4 nitrogen and oxygen atoms in total. The second-order valence-corrected chi connectivity index (χ2v) is 4.71.